The molecule has 0 saturated heterocycles. The summed E-state index contributed by atoms with van der Waals surface area (Å²) in [4.78, 5) is 77.8. The molecule has 2 saturated carbocycles. The number of aliphatic hydroxyl groups excluding tert-OH is 1. The molecular formula is C23H24BrN3O9. The number of primary amides is 1. The van der Waals surface area contributed by atoms with Crippen molar-refractivity contribution in [2.75, 3.05) is 19.4 Å². The van der Waals surface area contributed by atoms with Crippen LogP contribution in [0.25, 0.3) is 0 Å². The monoisotopic (exact) mass is 565 g/mol. The van der Waals surface area contributed by atoms with Crippen LogP contribution in [-0.4, -0.2) is 85.9 Å². The number of carbonyl (C=O) groups excluding carboxylic acids is 6. The van der Waals surface area contributed by atoms with E-state index in [4.69, 9.17) is 5.73 Å². The van der Waals surface area contributed by atoms with Crippen molar-refractivity contribution in [1.82, 2.24) is 4.90 Å². The number of phenols is 1. The Labute approximate surface area is 212 Å². The number of benzene rings is 1. The third kappa shape index (κ3) is 3.30. The largest absolute Gasteiger partial charge is 0.505 e. The molecule has 4 rings (SSSR count). The van der Waals surface area contributed by atoms with E-state index in [0.29, 0.717) is 0 Å². The number of aromatic hydroxyl groups is 1. The van der Waals surface area contributed by atoms with Gasteiger partial charge in [0.05, 0.1) is 35.2 Å². The Bertz CT molecular complexity index is 1250. The molecular weight excluding hydrogens is 542 g/mol. The van der Waals surface area contributed by atoms with Crippen molar-refractivity contribution in [2.45, 2.75) is 30.6 Å². The Balaban J connectivity index is 1.94. The number of nitrogens with one attached hydrogen (secondary N) is 1. The predicted octanol–water partition coefficient (Wildman–Crippen LogP) is -0.674. The molecule has 12 nitrogen and oxygen atoms in total. The molecule has 0 heterocycles. The van der Waals surface area contributed by atoms with Gasteiger partial charge in [0, 0.05) is 21.8 Å². The first-order valence-corrected chi connectivity index (χ1v) is 11.8. The Morgan fingerprint density at radius 1 is 1.14 bits per heavy atom. The first kappa shape index (κ1) is 26.1. The molecule has 2 amide bonds. The zero-order valence-corrected chi connectivity index (χ0v) is 21.0. The number of carbonyl (C=O) groups is 6. The van der Waals surface area contributed by atoms with Gasteiger partial charge in [-0.25, -0.2) is 0 Å². The minimum atomic E-state index is -3.06. The normalized spacial score (nSPS) is 35.7. The van der Waals surface area contributed by atoms with Crippen LogP contribution in [0.5, 0.6) is 5.75 Å². The van der Waals surface area contributed by atoms with Gasteiger partial charge >= 0.3 is 0 Å². The summed E-state index contributed by atoms with van der Waals surface area (Å²) in [7, 11) is 2.84. The van der Waals surface area contributed by atoms with E-state index in [2.05, 4.69) is 21.2 Å². The molecule has 0 bridgehead atoms. The van der Waals surface area contributed by atoms with Crippen LogP contribution in [0, 0.1) is 23.7 Å². The van der Waals surface area contributed by atoms with Crippen LogP contribution in [0.2, 0.25) is 0 Å². The summed E-state index contributed by atoms with van der Waals surface area (Å²) in [5.74, 6) is -14.2. The quantitative estimate of drug-likeness (QED) is 0.135. The molecule has 36 heavy (non-hydrogen) atoms. The second-order valence-electron chi connectivity index (χ2n) is 9.69. The summed E-state index contributed by atoms with van der Waals surface area (Å²) in [6, 6.07) is 1.37. The molecule has 192 valence electrons. The number of aliphatic hydroxyl groups is 2. The van der Waals surface area contributed by atoms with Gasteiger partial charge in [-0.1, -0.05) is 13.0 Å². The standard InChI is InChI=1S/C23H24BrN3O9/c1-6-7-4-5-8(26-22(24)35)15(28)10(7)16(29)11-9(6)17(30)13-14(27(2)3)18(31)12(21(25)34)20(33)23(13,36)19(11)32/h4-6,9,11-14,17,28,30,36H,1-3H3,(H2,25,34)(H,26,35)/t6-,9+,11?,12?,13+,14-,17-,23-/m0/s1. The number of nitrogens with zero attached hydrogens (tertiary/aromatic N) is 1. The molecule has 1 aromatic carbocycles. The summed E-state index contributed by atoms with van der Waals surface area (Å²) in [6.45, 7) is 1.59. The van der Waals surface area contributed by atoms with Crippen molar-refractivity contribution >= 4 is 55.5 Å². The highest BCUT2D eigenvalue weighted by Gasteiger charge is 2.72. The van der Waals surface area contributed by atoms with Gasteiger partial charge in [-0.15, -0.1) is 0 Å². The third-order valence-electron chi connectivity index (χ3n) is 7.72. The highest BCUT2D eigenvalue weighted by Crippen LogP contribution is 2.55. The molecule has 6 N–H and O–H groups in total. The molecule has 0 aromatic heterocycles. The fourth-order valence-electron chi connectivity index (χ4n) is 6.20. The number of fused-ring (bicyclic) bond motifs is 3. The number of Topliss-reactive ketones (excluding diaryl/α,β-unsaturated/α-hetero) is 4. The van der Waals surface area contributed by atoms with Crippen molar-refractivity contribution in [2.24, 2.45) is 29.4 Å². The number of ketones is 4. The van der Waals surface area contributed by atoms with Gasteiger partial charge in [0.1, 0.15) is 5.75 Å². The maximum atomic E-state index is 13.8. The molecule has 1 aromatic rings. The zero-order valence-electron chi connectivity index (χ0n) is 19.4. The third-order valence-corrected chi connectivity index (χ3v) is 7.92. The van der Waals surface area contributed by atoms with Gasteiger partial charge in [0.15, 0.2) is 34.7 Å². The van der Waals surface area contributed by atoms with Crippen LogP contribution in [0.4, 0.5) is 10.5 Å². The lowest BCUT2D eigenvalue weighted by Gasteiger charge is -2.56. The molecule has 2 fully saturated rings. The zero-order chi connectivity index (χ0) is 27.0. The van der Waals surface area contributed by atoms with Crippen LogP contribution in [0.3, 0.4) is 0 Å². The van der Waals surface area contributed by atoms with Gasteiger partial charge in [0.2, 0.25) is 5.91 Å². The molecule has 3 aliphatic rings. The molecule has 8 atom stereocenters. The lowest BCUT2D eigenvalue weighted by atomic mass is 9.49. The average Bonchev–Trinajstić information content (AvgIpc) is 2.77. The fraction of sp³-hybridized carbons (Fsp3) is 0.478. The van der Waals surface area contributed by atoms with Gasteiger partial charge in [-0.3, -0.25) is 33.7 Å². The number of halogens is 1. The predicted molar refractivity (Wildman–Crippen MR) is 125 cm³/mol. The number of anilines is 1. The van der Waals surface area contributed by atoms with Crippen LogP contribution in [0.15, 0.2) is 12.1 Å². The average molecular weight is 566 g/mol. The van der Waals surface area contributed by atoms with Gasteiger partial charge < -0.3 is 26.4 Å². The molecule has 0 radical (unpaired) electrons. The minimum Gasteiger partial charge on any atom is -0.505 e. The lowest BCUT2D eigenvalue weighted by Crippen LogP contribution is -2.77. The maximum Gasteiger partial charge on any atom is 0.291 e. The van der Waals surface area contributed by atoms with E-state index in [-0.39, 0.29) is 16.8 Å². The summed E-state index contributed by atoms with van der Waals surface area (Å²) in [5.41, 5.74) is 2.04. The number of likely N-dealkylation sites (N-methyl/N-ethyl adjacent to an activating group) is 1. The first-order chi connectivity index (χ1) is 16.7. The summed E-state index contributed by atoms with van der Waals surface area (Å²) < 4.78 is 0. The Hall–Kier alpha value is -3.00. The van der Waals surface area contributed by atoms with Crippen molar-refractivity contribution in [3.63, 3.8) is 0 Å². The van der Waals surface area contributed by atoms with Crippen LogP contribution >= 0.6 is 15.9 Å². The van der Waals surface area contributed by atoms with Gasteiger partial charge in [-0.05, 0) is 31.6 Å². The summed E-state index contributed by atoms with van der Waals surface area (Å²) >= 11 is 2.66. The SMILES string of the molecule is C[C@H]1c2ccc(NC(=O)Br)c(O)c2C(=O)C2C(=O)[C@]3(O)C(=O)C(C(N)=O)C(=O)[C@@H](N(C)C)[C@@H]3[C@@H](O)[C@@H]21. The van der Waals surface area contributed by atoms with E-state index in [1.807, 2.05) is 0 Å². The molecule has 0 aliphatic heterocycles. The second-order valence-corrected chi connectivity index (χ2v) is 10.4. The topological polar surface area (TPSA) is 204 Å². The fourth-order valence-corrected chi connectivity index (χ4v) is 6.41. The van der Waals surface area contributed by atoms with Crippen molar-refractivity contribution < 1.29 is 44.1 Å². The molecule has 13 heteroatoms. The molecule has 2 unspecified atom stereocenters. The van der Waals surface area contributed by atoms with Crippen LogP contribution in [-0.2, 0) is 19.2 Å². The lowest BCUT2D eigenvalue weighted by molar-refractivity contribution is -0.196. The van der Waals surface area contributed by atoms with Gasteiger partial charge in [-0.2, -0.15) is 0 Å². The van der Waals surface area contributed by atoms with E-state index in [0.717, 1.165) is 0 Å². The Morgan fingerprint density at radius 2 is 1.75 bits per heavy atom. The number of hydrogen-bond donors (Lipinski definition) is 5. The Kier molecular flexibility index (Phi) is 6.19. The molecule has 3 aliphatic carbocycles. The number of phenolic OH excluding ortho intramolecular Hbond substituents is 1. The summed E-state index contributed by atoms with van der Waals surface area (Å²) in [5, 5.41) is 36.1. The second kappa shape index (κ2) is 8.54. The van der Waals surface area contributed by atoms with E-state index in [9.17, 15) is 44.1 Å². The minimum absolute atomic E-state index is 0.129. The molecule has 0 spiro atoms. The smallest absolute Gasteiger partial charge is 0.291 e. The van der Waals surface area contributed by atoms with Crippen molar-refractivity contribution in [3.05, 3.63) is 23.3 Å². The van der Waals surface area contributed by atoms with Crippen LogP contribution < -0.4 is 11.1 Å². The number of nitrogens with two attached hydrogens (primary N) is 1. The van der Waals surface area contributed by atoms with Crippen molar-refractivity contribution in [1.29, 1.82) is 0 Å². The highest BCUT2D eigenvalue weighted by atomic mass is 79.9. The maximum absolute atomic E-state index is 13.8. The number of amides is 2. The number of hydrogen-bond acceptors (Lipinski definition) is 10. The van der Waals surface area contributed by atoms with E-state index in [1.165, 1.54) is 31.1 Å². The van der Waals surface area contributed by atoms with E-state index in [1.54, 1.807) is 6.92 Å². The summed E-state index contributed by atoms with van der Waals surface area (Å²) in [6.07, 6.45) is -1.71. The van der Waals surface area contributed by atoms with Gasteiger partial charge in [0.25, 0.3) is 4.82 Å². The van der Waals surface area contributed by atoms with Crippen molar-refractivity contribution in [3.8, 4) is 5.75 Å². The first-order valence-electron chi connectivity index (χ1n) is 11.0. The van der Waals surface area contributed by atoms with E-state index < -0.39 is 86.9 Å². The van der Waals surface area contributed by atoms with Crippen LogP contribution in [0.1, 0.15) is 28.8 Å². The highest BCUT2D eigenvalue weighted by molar-refractivity contribution is 9.18. The number of rotatable bonds is 3. The Morgan fingerprint density at radius 3 is 2.28 bits per heavy atom. The van der Waals surface area contributed by atoms with E-state index >= 15 is 0 Å².